The third kappa shape index (κ3) is 7.31. The van der Waals surface area contributed by atoms with Crippen molar-refractivity contribution in [3.05, 3.63) is 64.2 Å². The second kappa shape index (κ2) is 11.7. The molecular weight excluding hydrogens is 467 g/mol. The van der Waals surface area contributed by atoms with Crippen LogP contribution in [0.5, 0.6) is 0 Å². The summed E-state index contributed by atoms with van der Waals surface area (Å²) in [5.41, 5.74) is 0.870. The molecule has 0 saturated heterocycles. The van der Waals surface area contributed by atoms with Gasteiger partial charge >= 0.3 is 6.18 Å². The minimum absolute atomic E-state index is 0.0788. The van der Waals surface area contributed by atoms with E-state index in [2.05, 4.69) is 13.8 Å². The van der Waals surface area contributed by atoms with E-state index in [9.17, 15) is 22.0 Å². The molecule has 34 heavy (non-hydrogen) atoms. The van der Waals surface area contributed by atoms with E-state index in [1.807, 2.05) is 6.07 Å². The van der Waals surface area contributed by atoms with Gasteiger partial charge in [0.1, 0.15) is 11.6 Å². The Morgan fingerprint density at radius 1 is 1.03 bits per heavy atom. The first-order chi connectivity index (χ1) is 16.1. The fourth-order valence-corrected chi connectivity index (χ4v) is 5.40. The third-order valence-electron chi connectivity index (χ3n) is 7.14. The van der Waals surface area contributed by atoms with Gasteiger partial charge in [0.2, 0.25) is 0 Å². The molecule has 1 aliphatic carbocycles. The van der Waals surface area contributed by atoms with Crippen LogP contribution in [0.1, 0.15) is 69.9 Å². The van der Waals surface area contributed by atoms with E-state index in [0.29, 0.717) is 12.0 Å². The number of halogens is 6. The van der Waals surface area contributed by atoms with Crippen LogP contribution in [0.15, 0.2) is 36.4 Å². The van der Waals surface area contributed by atoms with Gasteiger partial charge in [-0.3, -0.25) is 0 Å². The molecule has 1 unspecified atom stereocenters. The van der Waals surface area contributed by atoms with Crippen LogP contribution in [0.25, 0.3) is 17.2 Å². The first-order valence-electron chi connectivity index (χ1n) is 12.1. The molecule has 0 bridgehead atoms. The van der Waals surface area contributed by atoms with Gasteiger partial charge in [-0.05, 0) is 78.8 Å². The molecule has 1 atom stereocenters. The molecule has 0 amide bonds. The van der Waals surface area contributed by atoms with Crippen molar-refractivity contribution in [2.24, 2.45) is 17.8 Å². The van der Waals surface area contributed by atoms with Crippen molar-refractivity contribution in [1.29, 1.82) is 0 Å². The number of benzene rings is 2. The number of rotatable bonds is 8. The highest BCUT2D eigenvalue weighted by Crippen LogP contribution is 2.37. The van der Waals surface area contributed by atoms with Gasteiger partial charge in [-0.1, -0.05) is 63.3 Å². The number of hydrogen-bond donors (Lipinski definition) is 0. The van der Waals surface area contributed by atoms with Gasteiger partial charge in [-0.2, -0.15) is 13.2 Å². The van der Waals surface area contributed by atoms with E-state index in [1.54, 1.807) is 6.07 Å². The SMILES string of the molecule is CCCC(C)C1CCC(CCc2ccc(-c3cc(F)c(/C=C/C(F)(F)F)c(Cl)c3)c(F)c2)CC1. The Balaban J connectivity index is 1.63. The molecule has 0 N–H and O–H groups in total. The van der Waals surface area contributed by atoms with Gasteiger partial charge in [0.05, 0.1) is 5.02 Å². The lowest BCUT2D eigenvalue weighted by Crippen LogP contribution is -2.20. The summed E-state index contributed by atoms with van der Waals surface area (Å²) in [4.78, 5) is 0. The van der Waals surface area contributed by atoms with Crippen LogP contribution >= 0.6 is 11.6 Å². The zero-order valence-electron chi connectivity index (χ0n) is 19.7. The second-order valence-corrected chi connectivity index (χ2v) is 10.0. The van der Waals surface area contributed by atoms with Crippen molar-refractivity contribution < 1.29 is 22.0 Å². The predicted octanol–water partition coefficient (Wildman–Crippen LogP) is 10.0. The first kappa shape index (κ1) is 26.7. The Bertz CT molecular complexity index is 964. The Morgan fingerprint density at radius 3 is 2.32 bits per heavy atom. The molecule has 186 valence electrons. The standard InChI is InChI=1S/C28H32ClF5/c1-3-4-18(2)21-10-7-19(8-11-21)5-6-20-9-12-23(26(30)15-20)22-16-25(29)24(27(31)17-22)13-14-28(32,33)34/h9,12-19,21H,3-8,10-11H2,1-2H3/b14-13+. The Labute approximate surface area is 204 Å². The van der Waals surface area contributed by atoms with Gasteiger partial charge in [-0.25, -0.2) is 8.78 Å². The van der Waals surface area contributed by atoms with Gasteiger partial charge in [-0.15, -0.1) is 0 Å². The molecule has 0 nitrogen and oxygen atoms in total. The van der Waals surface area contributed by atoms with E-state index in [4.69, 9.17) is 11.6 Å². The summed E-state index contributed by atoms with van der Waals surface area (Å²) in [5, 5.41) is -0.206. The summed E-state index contributed by atoms with van der Waals surface area (Å²) in [6.45, 7) is 4.60. The maximum absolute atomic E-state index is 14.9. The normalized spacial score (nSPS) is 20.1. The van der Waals surface area contributed by atoms with Crippen LogP contribution in [0, 0.1) is 29.4 Å². The second-order valence-electron chi connectivity index (χ2n) is 9.63. The number of allylic oxidation sites excluding steroid dienone is 1. The molecule has 3 rings (SSSR count). The first-order valence-corrected chi connectivity index (χ1v) is 12.5. The summed E-state index contributed by atoms with van der Waals surface area (Å²) >= 11 is 6.00. The summed E-state index contributed by atoms with van der Waals surface area (Å²) in [5.74, 6) is 0.855. The molecule has 1 aliphatic rings. The maximum Gasteiger partial charge on any atom is 0.409 e. The van der Waals surface area contributed by atoms with Gasteiger partial charge in [0.15, 0.2) is 0 Å². The van der Waals surface area contributed by atoms with E-state index in [1.165, 1.54) is 50.7 Å². The van der Waals surface area contributed by atoms with E-state index in [0.717, 1.165) is 36.3 Å². The molecule has 1 fully saturated rings. The summed E-state index contributed by atoms with van der Waals surface area (Å²) in [7, 11) is 0. The van der Waals surface area contributed by atoms with E-state index in [-0.39, 0.29) is 27.8 Å². The van der Waals surface area contributed by atoms with Crippen LogP contribution in [-0.4, -0.2) is 6.18 Å². The number of aryl methyl sites for hydroxylation is 1. The highest BCUT2D eigenvalue weighted by atomic mass is 35.5. The highest BCUT2D eigenvalue weighted by Gasteiger charge is 2.25. The van der Waals surface area contributed by atoms with Crippen molar-refractivity contribution >= 4 is 17.7 Å². The zero-order valence-corrected chi connectivity index (χ0v) is 20.5. The predicted molar refractivity (Wildman–Crippen MR) is 130 cm³/mol. The Kier molecular flexibility index (Phi) is 9.20. The number of alkyl halides is 3. The molecule has 1 saturated carbocycles. The van der Waals surface area contributed by atoms with Crippen molar-refractivity contribution in [1.82, 2.24) is 0 Å². The van der Waals surface area contributed by atoms with E-state index >= 15 is 0 Å². The minimum Gasteiger partial charge on any atom is -0.206 e. The summed E-state index contributed by atoms with van der Waals surface area (Å²) < 4.78 is 66.4. The quantitative estimate of drug-likeness (QED) is 0.317. The molecule has 0 heterocycles. The third-order valence-corrected chi connectivity index (χ3v) is 7.46. The molecule has 2 aromatic rings. The highest BCUT2D eigenvalue weighted by molar-refractivity contribution is 6.32. The summed E-state index contributed by atoms with van der Waals surface area (Å²) in [6, 6.07) is 7.18. The fraction of sp³-hybridized carbons (Fsp3) is 0.500. The van der Waals surface area contributed by atoms with Crippen molar-refractivity contribution in [3.63, 3.8) is 0 Å². The summed E-state index contributed by atoms with van der Waals surface area (Å²) in [6.07, 6.45) is 5.27. The van der Waals surface area contributed by atoms with Crippen molar-refractivity contribution in [2.75, 3.05) is 0 Å². The average molecular weight is 499 g/mol. The lowest BCUT2D eigenvalue weighted by atomic mass is 9.74. The molecule has 0 radical (unpaired) electrons. The molecule has 0 aromatic heterocycles. The number of hydrogen-bond acceptors (Lipinski definition) is 0. The van der Waals surface area contributed by atoms with Crippen LogP contribution in [0.3, 0.4) is 0 Å². The molecule has 2 aromatic carbocycles. The molecule has 6 heteroatoms. The smallest absolute Gasteiger partial charge is 0.206 e. The largest absolute Gasteiger partial charge is 0.409 e. The van der Waals surface area contributed by atoms with Crippen molar-refractivity contribution in [3.8, 4) is 11.1 Å². The van der Waals surface area contributed by atoms with Gasteiger partial charge < -0.3 is 0 Å². The molecular formula is C28H32ClF5. The lowest BCUT2D eigenvalue weighted by Gasteiger charge is -2.32. The van der Waals surface area contributed by atoms with Crippen LogP contribution in [-0.2, 0) is 6.42 Å². The van der Waals surface area contributed by atoms with Crippen LogP contribution in [0.2, 0.25) is 5.02 Å². The molecule has 0 aliphatic heterocycles. The van der Waals surface area contributed by atoms with Gasteiger partial charge in [0, 0.05) is 17.2 Å². The monoisotopic (exact) mass is 498 g/mol. The van der Waals surface area contributed by atoms with Crippen LogP contribution < -0.4 is 0 Å². The Morgan fingerprint density at radius 2 is 1.74 bits per heavy atom. The van der Waals surface area contributed by atoms with Gasteiger partial charge in [0.25, 0.3) is 0 Å². The topological polar surface area (TPSA) is 0 Å². The van der Waals surface area contributed by atoms with Crippen molar-refractivity contribution in [2.45, 2.75) is 71.4 Å². The van der Waals surface area contributed by atoms with Crippen LogP contribution in [0.4, 0.5) is 22.0 Å². The van der Waals surface area contributed by atoms with E-state index < -0.39 is 17.8 Å². The lowest BCUT2D eigenvalue weighted by molar-refractivity contribution is -0.0790. The minimum atomic E-state index is -4.58. The Hall–Kier alpha value is -1.88. The molecule has 0 spiro atoms. The average Bonchev–Trinajstić information content (AvgIpc) is 2.77. The maximum atomic E-state index is 14.9. The fourth-order valence-electron chi connectivity index (χ4n) is 5.13. The zero-order chi connectivity index (χ0) is 24.9.